The van der Waals surface area contributed by atoms with E-state index in [1.807, 2.05) is 7.05 Å². The zero-order valence-corrected chi connectivity index (χ0v) is 8.20. The van der Waals surface area contributed by atoms with Gasteiger partial charge in [0, 0.05) is 0 Å². The summed E-state index contributed by atoms with van der Waals surface area (Å²) in [6.07, 6.45) is 2.54. The predicted octanol–water partition coefficient (Wildman–Crippen LogP) is 2.67. The first-order valence-corrected chi connectivity index (χ1v) is 4.33. The number of nitrogens with one attached hydrogen (secondary N) is 1. The lowest BCUT2D eigenvalue weighted by Gasteiger charge is -2.00. The molecule has 0 heterocycles. The fraction of sp³-hybridized carbons (Fsp3) is 1.00. The zero-order valence-electron chi connectivity index (χ0n) is 8.20. The predicted molar refractivity (Wildman–Crippen MR) is 49.3 cm³/mol. The van der Waals surface area contributed by atoms with Crippen LogP contribution in [0, 0.1) is 5.92 Å². The van der Waals surface area contributed by atoms with Crippen LogP contribution in [0.15, 0.2) is 0 Å². The van der Waals surface area contributed by atoms with Gasteiger partial charge in [0.15, 0.2) is 0 Å². The van der Waals surface area contributed by atoms with Crippen LogP contribution < -0.4 is 5.32 Å². The molecule has 10 heavy (non-hydrogen) atoms. The Bertz CT molecular complexity index is 42.0. The Kier molecular flexibility index (Phi) is 14.8. The van der Waals surface area contributed by atoms with E-state index in [9.17, 15) is 0 Å². The zero-order chi connectivity index (χ0) is 8.41. The standard InChI is InChI=1S/C6H15N.C3H8/c1-6(2)4-5-7-3;1-3-2/h6-7H,4-5H2,1-3H3;3H2,1-2H3. The molecule has 0 aliphatic carbocycles. The molecule has 1 N–H and O–H groups in total. The van der Waals surface area contributed by atoms with Crippen LogP contribution in [0.1, 0.15) is 40.5 Å². The molecule has 0 unspecified atom stereocenters. The van der Waals surface area contributed by atoms with Gasteiger partial charge in [-0.1, -0.05) is 34.1 Å². The van der Waals surface area contributed by atoms with Crippen LogP contribution >= 0.6 is 0 Å². The molecule has 0 saturated heterocycles. The Morgan fingerprint density at radius 3 is 1.70 bits per heavy atom. The number of rotatable bonds is 3. The first-order chi connectivity index (χ1) is 4.68. The minimum atomic E-state index is 0.840. The van der Waals surface area contributed by atoms with Gasteiger partial charge >= 0.3 is 0 Å². The summed E-state index contributed by atoms with van der Waals surface area (Å²) in [5.41, 5.74) is 0. The van der Waals surface area contributed by atoms with Crippen molar-refractivity contribution < 1.29 is 0 Å². The highest BCUT2D eigenvalue weighted by Crippen LogP contribution is 1.94. The molecule has 0 aromatic rings. The normalized spacial score (nSPS) is 9.00. The van der Waals surface area contributed by atoms with Crippen LogP contribution in [0.2, 0.25) is 0 Å². The van der Waals surface area contributed by atoms with Crippen LogP contribution in [0.5, 0.6) is 0 Å². The van der Waals surface area contributed by atoms with E-state index >= 15 is 0 Å². The highest BCUT2D eigenvalue weighted by Gasteiger charge is 1.88. The maximum atomic E-state index is 3.10. The van der Waals surface area contributed by atoms with Crippen molar-refractivity contribution in [3.63, 3.8) is 0 Å². The van der Waals surface area contributed by atoms with Gasteiger partial charge in [-0.3, -0.25) is 0 Å². The average Bonchev–Trinajstić information content (AvgIpc) is 1.85. The van der Waals surface area contributed by atoms with Crippen molar-refractivity contribution >= 4 is 0 Å². The quantitative estimate of drug-likeness (QED) is 0.644. The Balaban J connectivity index is 0. The molecule has 0 spiro atoms. The summed E-state index contributed by atoms with van der Waals surface area (Å²) in [5.74, 6) is 0.840. The molecule has 0 fully saturated rings. The second-order valence-electron chi connectivity index (χ2n) is 2.99. The van der Waals surface area contributed by atoms with Gasteiger partial charge in [-0.2, -0.15) is 0 Å². The molecule has 0 bridgehead atoms. The van der Waals surface area contributed by atoms with Gasteiger partial charge < -0.3 is 5.32 Å². The topological polar surface area (TPSA) is 12.0 Å². The van der Waals surface area contributed by atoms with Gasteiger partial charge in [-0.05, 0) is 25.9 Å². The molecule has 0 aliphatic heterocycles. The lowest BCUT2D eigenvalue weighted by molar-refractivity contribution is 0.562. The molecule has 64 valence electrons. The smallest absolute Gasteiger partial charge is 0.00495 e. The Morgan fingerprint density at radius 2 is 1.60 bits per heavy atom. The Hall–Kier alpha value is -0.0400. The van der Waals surface area contributed by atoms with Crippen LogP contribution in [0.25, 0.3) is 0 Å². The monoisotopic (exact) mass is 145 g/mol. The van der Waals surface area contributed by atoms with Gasteiger partial charge in [-0.15, -0.1) is 0 Å². The third kappa shape index (κ3) is 24.6. The summed E-state index contributed by atoms with van der Waals surface area (Å²) < 4.78 is 0. The first kappa shape index (κ1) is 12.6. The van der Waals surface area contributed by atoms with E-state index < -0.39 is 0 Å². The Labute approximate surface area is 66.2 Å². The van der Waals surface area contributed by atoms with Gasteiger partial charge in [-0.25, -0.2) is 0 Å². The molecular formula is C9H23N. The molecule has 0 aromatic heterocycles. The highest BCUT2D eigenvalue weighted by molar-refractivity contribution is 4.45. The van der Waals surface area contributed by atoms with E-state index in [1.54, 1.807) is 0 Å². The van der Waals surface area contributed by atoms with Gasteiger partial charge in [0.2, 0.25) is 0 Å². The van der Waals surface area contributed by atoms with Crippen LogP contribution in [-0.2, 0) is 0 Å². The molecule has 1 nitrogen and oxygen atoms in total. The number of hydrogen-bond donors (Lipinski definition) is 1. The van der Waals surface area contributed by atoms with Gasteiger partial charge in [0.05, 0.1) is 0 Å². The van der Waals surface area contributed by atoms with E-state index in [-0.39, 0.29) is 0 Å². The fourth-order valence-corrected chi connectivity index (χ4v) is 0.433. The minimum Gasteiger partial charge on any atom is -0.320 e. The highest BCUT2D eigenvalue weighted by atomic mass is 14.8. The largest absolute Gasteiger partial charge is 0.320 e. The summed E-state index contributed by atoms with van der Waals surface area (Å²) in [4.78, 5) is 0. The molecule has 0 amide bonds. The van der Waals surface area contributed by atoms with Crippen molar-refractivity contribution in [1.29, 1.82) is 0 Å². The molecule has 0 rings (SSSR count). The molecule has 0 radical (unpaired) electrons. The van der Waals surface area contributed by atoms with Crippen molar-refractivity contribution in [2.24, 2.45) is 5.92 Å². The minimum absolute atomic E-state index is 0.840. The third-order valence-corrected chi connectivity index (χ3v) is 0.972. The van der Waals surface area contributed by atoms with E-state index in [0.29, 0.717) is 0 Å². The van der Waals surface area contributed by atoms with Gasteiger partial charge in [0.1, 0.15) is 0 Å². The maximum absolute atomic E-state index is 3.10. The maximum Gasteiger partial charge on any atom is -0.00495 e. The summed E-state index contributed by atoms with van der Waals surface area (Å²) in [6.45, 7) is 9.87. The summed E-state index contributed by atoms with van der Waals surface area (Å²) in [7, 11) is 1.99. The van der Waals surface area contributed by atoms with Crippen molar-refractivity contribution in [2.75, 3.05) is 13.6 Å². The van der Waals surface area contributed by atoms with Crippen molar-refractivity contribution in [2.45, 2.75) is 40.5 Å². The van der Waals surface area contributed by atoms with Crippen molar-refractivity contribution in [1.82, 2.24) is 5.32 Å². The first-order valence-electron chi connectivity index (χ1n) is 4.33. The number of hydrogen-bond acceptors (Lipinski definition) is 1. The molecule has 0 aromatic carbocycles. The summed E-state index contributed by atoms with van der Waals surface area (Å²) >= 11 is 0. The lowest BCUT2D eigenvalue weighted by Crippen LogP contribution is -2.09. The second kappa shape index (κ2) is 11.7. The van der Waals surface area contributed by atoms with E-state index in [4.69, 9.17) is 0 Å². The van der Waals surface area contributed by atoms with Crippen molar-refractivity contribution in [3.8, 4) is 0 Å². The summed E-state index contributed by atoms with van der Waals surface area (Å²) in [6, 6.07) is 0. The van der Waals surface area contributed by atoms with Crippen LogP contribution in [0.3, 0.4) is 0 Å². The molecule has 0 atom stereocenters. The Morgan fingerprint density at radius 1 is 1.20 bits per heavy atom. The average molecular weight is 145 g/mol. The van der Waals surface area contributed by atoms with Crippen LogP contribution in [0.4, 0.5) is 0 Å². The second-order valence-corrected chi connectivity index (χ2v) is 2.99. The SMILES string of the molecule is CCC.CNCCC(C)C. The van der Waals surface area contributed by atoms with Crippen LogP contribution in [-0.4, -0.2) is 13.6 Å². The molecule has 1 heteroatoms. The lowest BCUT2D eigenvalue weighted by atomic mass is 10.1. The molecule has 0 saturated carbocycles. The van der Waals surface area contributed by atoms with Crippen molar-refractivity contribution in [3.05, 3.63) is 0 Å². The summed E-state index contributed by atoms with van der Waals surface area (Å²) in [5, 5.41) is 3.10. The third-order valence-electron chi connectivity index (χ3n) is 0.972. The van der Waals surface area contributed by atoms with Gasteiger partial charge in [0.25, 0.3) is 0 Å². The fourth-order valence-electron chi connectivity index (χ4n) is 0.433. The molecular weight excluding hydrogens is 122 g/mol. The van der Waals surface area contributed by atoms with E-state index in [0.717, 1.165) is 12.5 Å². The van der Waals surface area contributed by atoms with E-state index in [1.165, 1.54) is 12.8 Å². The van der Waals surface area contributed by atoms with E-state index in [2.05, 4.69) is 33.0 Å². The molecule has 0 aliphatic rings.